The quantitative estimate of drug-likeness (QED) is 0.697. The van der Waals surface area contributed by atoms with E-state index in [1.807, 2.05) is 0 Å². The van der Waals surface area contributed by atoms with Crippen LogP contribution < -0.4 is 10.6 Å². The number of esters is 1. The van der Waals surface area contributed by atoms with E-state index in [4.69, 9.17) is 27.9 Å². The highest BCUT2D eigenvalue weighted by atomic mass is 35.5. The Morgan fingerprint density at radius 2 is 1.92 bits per heavy atom. The molecule has 0 spiro atoms. The van der Waals surface area contributed by atoms with Crippen molar-refractivity contribution in [2.75, 3.05) is 18.5 Å². The Morgan fingerprint density at radius 1 is 1.12 bits per heavy atom. The van der Waals surface area contributed by atoms with E-state index in [-0.39, 0.29) is 23.9 Å². The molecule has 9 heteroatoms. The first kappa shape index (κ1) is 19.2. The molecule has 2 N–H and O–H groups in total. The predicted molar refractivity (Wildman–Crippen MR) is 97.3 cm³/mol. The van der Waals surface area contributed by atoms with E-state index in [2.05, 4.69) is 10.6 Å². The lowest BCUT2D eigenvalue weighted by Crippen LogP contribution is -2.27. The number of carbonyl (C=O) groups excluding carboxylic acids is 3. The Balaban J connectivity index is 1.68. The number of halogens is 2. The van der Waals surface area contributed by atoms with Gasteiger partial charge in [0.2, 0.25) is 0 Å². The first-order valence-corrected chi connectivity index (χ1v) is 8.82. The van der Waals surface area contributed by atoms with Gasteiger partial charge in [-0.2, -0.15) is 0 Å². The third-order valence-electron chi connectivity index (χ3n) is 2.95. The van der Waals surface area contributed by atoms with E-state index in [1.165, 1.54) is 11.3 Å². The zero-order valence-electron chi connectivity index (χ0n) is 12.9. The highest BCUT2D eigenvalue weighted by Gasteiger charge is 2.12. The number of rotatable bonds is 7. The molecule has 132 valence electrons. The molecular formula is C16H14Cl2N2O4S. The Bertz CT molecular complexity index is 766. The number of hydrogen-bond acceptors (Lipinski definition) is 5. The molecule has 0 aliphatic carbocycles. The summed E-state index contributed by atoms with van der Waals surface area (Å²) >= 11 is 13.1. The van der Waals surface area contributed by atoms with Gasteiger partial charge in [0.25, 0.3) is 11.8 Å². The lowest BCUT2D eigenvalue weighted by molar-refractivity contribution is -0.147. The fraction of sp³-hybridized carbons (Fsp3) is 0.188. The second-order valence-corrected chi connectivity index (χ2v) is 6.53. The zero-order valence-corrected chi connectivity index (χ0v) is 15.2. The zero-order chi connectivity index (χ0) is 18.2. The second-order valence-electron chi connectivity index (χ2n) is 4.79. The van der Waals surface area contributed by atoms with Gasteiger partial charge in [-0.25, -0.2) is 0 Å². The number of benzene rings is 1. The van der Waals surface area contributed by atoms with Crippen LogP contribution in [-0.2, 0) is 14.3 Å². The third kappa shape index (κ3) is 6.04. The van der Waals surface area contributed by atoms with Crippen LogP contribution in [0.5, 0.6) is 0 Å². The summed E-state index contributed by atoms with van der Waals surface area (Å²) in [5.74, 6) is -1.39. The molecule has 0 aliphatic rings. The third-order valence-corrected chi connectivity index (χ3v) is 4.64. The highest BCUT2D eigenvalue weighted by molar-refractivity contribution is 7.12. The molecule has 0 fully saturated rings. The van der Waals surface area contributed by atoms with Crippen molar-refractivity contribution in [1.29, 1.82) is 0 Å². The molecule has 6 nitrogen and oxygen atoms in total. The molecule has 0 atom stereocenters. The van der Waals surface area contributed by atoms with Crippen LogP contribution in [-0.4, -0.2) is 30.9 Å². The van der Waals surface area contributed by atoms with Crippen molar-refractivity contribution in [2.24, 2.45) is 0 Å². The molecule has 0 saturated carbocycles. The summed E-state index contributed by atoms with van der Waals surface area (Å²) in [6.07, 6.45) is -0.0394. The first-order chi connectivity index (χ1) is 12.0. The average molecular weight is 401 g/mol. The van der Waals surface area contributed by atoms with Gasteiger partial charge >= 0.3 is 5.97 Å². The lowest BCUT2D eigenvalue weighted by Gasteiger charge is -2.09. The Labute approximate surface area is 158 Å². The second kappa shape index (κ2) is 9.41. The average Bonchev–Trinajstić information content (AvgIpc) is 3.12. The Morgan fingerprint density at radius 3 is 2.64 bits per heavy atom. The molecule has 0 radical (unpaired) electrons. The smallest absolute Gasteiger partial charge is 0.308 e. The SMILES string of the molecule is O=C(COC(=O)CCNC(=O)c1cccs1)Nc1cccc(Cl)c1Cl. The van der Waals surface area contributed by atoms with Crippen molar-refractivity contribution in [3.05, 3.63) is 50.6 Å². The van der Waals surface area contributed by atoms with Crippen LogP contribution in [0, 0.1) is 0 Å². The fourth-order valence-electron chi connectivity index (χ4n) is 1.78. The summed E-state index contributed by atoms with van der Waals surface area (Å²) < 4.78 is 4.84. The molecule has 0 saturated heterocycles. The first-order valence-electron chi connectivity index (χ1n) is 7.18. The van der Waals surface area contributed by atoms with Crippen molar-refractivity contribution < 1.29 is 19.1 Å². The van der Waals surface area contributed by atoms with Crippen LogP contribution in [0.3, 0.4) is 0 Å². The van der Waals surface area contributed by atoms with Gasteiger partial charge in [-0.3, -0.25) is 14.4 Å². The maximum absolute atomic E-state index is 11.8. The highest BCUT2D eigenvalue weighted by Crippen LogP contribution is 2.29. The predicted octanol–water partition coefficient (Wildman–Crippen LogP) is 3.36. The standard InChI is InChI=1S/C16H14Cl2N2O4S/c17-10-3-1-4-11(15(10)18)20-13(21)9-24-14(22)6-7-19-16(23)12-5-2-8-25-12/h1-5,8H,6-7,9H2,(H,19,23)(H,20,21). The largest absolute Gasteiger partial charge is 0.456 e. The fourth-order valence-corrected chi connectivity index (χ4v) is 2.77. The minimum absolute atomic E-state index is 0.0394. The lowest BCUT2D eigenvalue weighted by atomic mass is 10.3. The van der Waals surface area contributed by atoms with E-state index in [9.17, 15) is 14.4 Å². The monoisotopic (exact) mass is 400 g/mol. The Kier molecular flexibility index (Phi) is 7.24. The molecule has 2 amide bonds. The number of hydrogen-bond donors (Lipinski definition) is 2. The molecule has 0 unspecified atom stereocenters. The van der Waals surface area contributed by atoms with Gasteiger partial charge in [-0.15, -0.1) is 11.3 Å². The molecule has 2 rings (SSSR count). The molecule has 2 aromatic rings. The molecule has 1 heterocycles. The van der Waals surface area contributed by atoms with E-state index >= 15 is 0 Å². The van der Waals surface area contributed by atoms with Gasteiger partial charge in [0, 0.05) is 6.54 Å². The van der Waals surface area contributed by atoms with Gasteiger partial charge in [0.1, 0.15) is 0 Å². The Hall–Kier alpha value is -2.09. The molecule has 0 aliphatic heterocycles. The molecule has 0 bridgehead atoms. The minimum atomic E-state index is -0.598. The summed E-state index contributed by atoms with van der Waals surface area (Å²) in [6, 6.07) is 8.24. The minimum Gasteiger partial charge on any atom is -0.456 e. The summed E-state index contributed by atoms with van der Waals surface area (Å²) in [6.45, 7) is -0.335. The van der Waals surface area contributed by atoms with Gasteiger partial charge < -0.3 is 15.4 Å². The van der Waals surface area contributed by atoms with Crippen LogP contribution in [0.1, 0.15) is 16.1 Å². The van der Waals surface area contributed by atoms with Crippen molar-refractivity contribution in [2.45, 2.75) is 6.42 Å². The summed E-state index contributed by atoms with van der Waals surface area (Å²) in [5, 5.41) is 7.39. The van der Waals surface area contributed by atoms with Crippen molar-refractivity contribution in [3.8, 4) is 0 Å². The summed E-state index contributed by atoms with van der Waals surface area (Å²) in [4.78, 5) is 35.6. The summed E-state index contributed by atoms with van der Waals surface area (Å²) in [7, 11) is 0. The molecular weight excluding hydrogens is 387 g/mol. The maximum Gasteiger partial charge on any atom is 0.308 e. The number of ether oxygens (including phenoxy) is 1. The van der Waals surface area contributed by atoms with Crippen molar-refractivity contribution in [1.82, 2.24) is 5.32 Å². The van der Waals surface area contributed by atoms with Crippen molar-refractivity contribution >= 4 is 58.0 Å². The van der Waals surface area contributed by atoms with Crippen LogP contribution in [0.25, 0.3) is 0 Å². The topological polar surface area (TPSA) is 84.5 Å². The molecule has 1 aromatic carbocycles. The van der Waals surface area contributed by atoms with Gasteiger partial charge in [-0.1, -0.05) is 35.3 Å². The van der Waals surface area contributed by atoms with E-state index < -0.39 is 18.5 Å². The number of anilines is 1. The van der Waals surface area contributed by atoms with Crippen molar-refractivity contribution in [3.63, 3.8) is 0 Å². The number of thiophene rings is 1. The van der Waals surface area contributed by atoms with Crippen LogP contribution >= 0.6 is 34.5 Å². The molecule has 25 heavy (non-hydrogen) atoms. The van der Waals surface area contributed by atoms with Crippen LogP contribution in [0.15, 0.2) is 35.7 Å². The summed E-state index contributed by atoms with van der Waals surface area (Å²) in [5.41, 5.74) is 0.332. The number of amides is 2. The van der Waals surface area contributed by atoms with Gasteiger partial charge in [0.05, 0.1) is 27.0 Å². The maximum atomic E-state index is 11.8. The normalized spacial score (nSPS) is 10.2. The van der Waals surface area contributed by atoms with Crippen LogP contribution in [0.4, 0.5) is 5.69 Å². The van der Waals surface area contributed by atoms with Gasteiger partial charge in [0.15, 0.2) is 6.61 Å². The van der Waals surface area contributed by atoms with E-state index in [0.717, 1.165) is 0 Å². The number of nitrogens with one attached hydrogen (secondary N) is 2. The van der Waals surface area contributed by atoms with E-state index in [1.54, 1.807) is 35.7 Å². The number of carbonyl (C=O) groups is 3. The van der Waals surface area contributed by atoms with E-state index in [0.29, 0.717) is 15.6 Å². The van der Waals surface area contributed by atoms with Gasteiger partial charge in [-0.05, 0) is 23.6 Å². The van der Waals surface area contributed by atoms with Crippen LogP contribution in [0.2, 0.25) is 10.0 Å². The molecule has 1 aromatic heterocycles.